The van der Waals surface area contributed by atoms with Crippen LogP contribution in [0.4, 0.5) is 0 Å². The van der Waals surface area contributed by atoms with Gasteiger partial charge in [0.05, 0.1) is 5.52 Å². The third-order valence-electron chi connectivity index (χ3n) is 3.23. The van der Waals surface area contributed by atoms with Gasteiger partial charge in [-0.2, -0.15) is 0 Å². The van der Waals surface area contributed by atoms with Gasteiger partial charge in [-0.25, -0.2) is 9.59 Å². The molecular formula is C15H14N2O5. The summed E-state index contributed by atoms with van der Waals surface area (Å²) in [5.74, 6) is -1.24. The summed E-state index contributed by atoms with van der Waals surface area (Å²) in [6.45, 7) is 1.80. The molecule has 1 atom stereocenters. The van der Waals surface area contributed by atoms with Gasteiger partial charge in [0.1, 0.15) is 5.75 Å². The number of aromatic nitrogens is 1. The molecule has 2 heterocycles. The molecule has 1 unspecified atom stereocenters. The van der Waals surface area contributed by atoms with Crippen LogP contribution in [0.15, 0.2) is 30.4 Å². The largest absolute Gasteiger partial charge is 0.508 e. The molecular weight excluding hydrogens is 288 g/mol. The Balaban J connectivity index is 2.29. The maximum absolute atomic E-state index is 11.7. The minimum absolute atomic E-state index is 0.0489. The summed E-state index contributed by atoms with van der Waals surface area (Å²) in [5, 5.41) is 10.3. The molecule has 0 saturated heterocycles. The number of phenolic OH excluding ortho intramolecular Hbond substituents is 1. The van der Waals surface area contributed by atoms with Crippen molar-refractivity contribution in [1.29, 1.82) is 0 Å². The first-order valence-corrected chi connectivity index (χ1v) is 6.70. The first-order chi connectivity index (χ1) is 10.5. The fourth-order valence-electron chi connectivity index (χ4n) is 2.39. The number of nitrogens with zero attached hydrogens (tertiary/aromatic N) is 1. The number of carbonyl (C=O) groups excluding carboxylic acids is 2. The Labute approximate surface area is 125 Å². The Bertz CT molecular complexity index is 804. The first kappa shape index (κ1) is 14.2. The van der Waals surface area contributed by atoms with E-state index in [0.29, 0.717) is 22.9 Å². The van der Waals surface area contributed by atoms with Crippen LogP contribution in [-0.4, -0.2) is 27.8 Å². The summed E-state index contributed by atoms with van der Waals surface area (Å²) in [6.07, 6.45) is 2.37. The number of hydrogen-bond donors (Lipinski definition) is 2. The van der Waals surface area contributed by atoms with Gasteiger partial charge in [-0.1, -0.05) is 0 Å². The highest BCUT2D eigenvalue weighted by molar-refractivity contribution is 5.96. The minimum Gasteiger partial charge on any atom is -0.508 e. The summed E-state index contributed by atoms with van der Waals surface area (Å²) < 4.78 is 6.41. The second-order valence-corrected chi connectivity index (χ2v) is 5.13. The molecule has 0 bridgehead atoms. The van der Waals surface area contributed by atoms with Crippen LogP contribution in [0, 0.1) is 0 Å². The van der Waals surface area contributed by atoms with Gasteiger partial charge in [-0.05, 0) is 31.5 Å². The van der Waals surface area contributed by atoms with E-state index in [1.807, 2.05) is 0 Å². The van der Waals surface area contributed by atoms with E-state index >= 15 is 0 Å². The third-order valence-corrected chi connectivity index (χ3v) is 3.23. The van der Waals surface area contributed by atoms with Gasteiger partial charge in [0, 0.05) is 29.1 Å². The highest BCUT2D eigenvalue weighted by Crippen LogP contribution is 2.35. The van der Waals surface area contributed by atoms with E-state index in [9.17, 15) is 14.7 Å². The van der Waals surface area contributed by atoms with Crippen molar-refractivity contribution >= 4 is 22.8 Å². The predicted octanol–water partition coefficient (Wildman–Crippen LogP) is 0.667. The predicted molar refractivity (Wildman–Crippen MR) is 77.3 cm³/mol. The molecule has 3 N–H and O–H groups in total. The van der Waals surface area contributed by atoms with Crippen molar-refractivity contribution in [1.82, 2.24) is 4.73 Å². The molecule has 0 saturated carbocycles. The van der Waals surface area contributed by atoms with Crippen molar-refractivity contribution in [3.8, 4) is 11.6 Å². The Kier molecular flexibility index (Phi) is 3.34. The number of phenols is 1. The van der Waals surface area contributed by atoms with Crippen molar-refractivity contribution in [3.05, 3.63) is 35.9 Å². The maximum atomic E-state index is 11.7. The maximum Gasteiger partial charge on any atom is 0.356 e. The number of benzene rings is 1. The van der Waals surface area contributed by atoms with Crippen LogP contribution in [0.3, 0.4) is 0 Å². The number of aromatic hydroxyl groups is 1. The Hall–Kier alpha value is -2.80. The fourth-order valence-corrected chi connectivity index (χ4v) is 2.39. The monoisotopic (exact) mass is 302 g/mol. The highest BCUT2D eigenvalue weighted by Gasteiger charge is 2.25. The molecule has 22 heavy (non-hydrogen) atoms. The average molecular weight is 302 g/mol. The molecule has 7 heteroatoms. The molecule has 1 aromatic carbocycles. The lowest BCUT2D eigenvalue weighted by Gasteiger charge is -2.12. The van der Waals surface area contributed by atoms with Crippen LogP contribution in [0.1, 0.15) is 12.5 Å². The van der Waals surface area contributed by atoms with Crippen LogP contribution in [0.5, 0.6) is 11.6 Å². The summed E-state index contributed by atoms with van der Waals surface area (Å²) in [5.41, 5.74) is 6.94. The molecule has 1 aliphatic rings. The minimum atomic E-state index is -0.699. The number of ether oxygens (including phenoxy) is 1. The van der Waals surface area contributed by atoms with Crippen LogP contribution < -0.4 is 15.3 Å². The third kappa shape index (κ3) is 2.42. The van der Waals surface area contributed by atoms with E-state index in [0.717, 1.165) is 16.9 Å². The normalized spacial score (nSPS) is 17.2. The van der Waals surface area contributed by atoms with E-state index in [-0.39, 0.29) is 17.7 Å². The quantitative estimate of drug-likeness (QED) is 0.790. The van der Waals surface area contributed by atoms with Gasteiger partial charge >= 0.3 is 11.9 Å². The molecule has 0 radical (unpaired) electrons. The molecule has 0 amide bonds. The summed E-state index contributed by atoms with van der Waals surface area (Å²) in [4.78, 5) is 28.6. The van der Waals surface area contributed by atoms with Crippen LogP contribution in [-0.2, 0) is 16.0 Å². The van der Waals surface area contributed by atoms with Crippen LogP contribution in [0.25, 0.3) is 10.9 Å². The topological polar surface area (TPSA) is 104 Å². The van der Waals surface area contributed by atoms with E-state index < -0.39 is 11.9 Å². The molecule has 1 aromatic heterocycles. The van der Waals surface area contributed by atoms with Crippen LogP contribution in [0.2, 0.25) is 0 Å². The second kappa shape index (κ2) is 5.19. The summed E-state index contributed by atoms with van der Waals surface area (Å²) in [6, 6.07) is 4.33. The van der Waals surface area contributed by atoms with Crippen molar-refractivity contribution in [3.63, 3.8) is 0 Å². The van der Waals surface area contributed by atoms with Gasteiger partial charge in [0.15, 0.2) is 0 Å². The fraction of sp³-hybridized carbons (Fsp3) is 0.200. The standard InChI is InChI=1S/C15H14N2O5/c1-8(16)6-11-10-7-9(18)2-3-12(10)17-15(11)21-13(19)4-5-14(20)22-17/h2-5,7-8,18H,6,16H2,1H3/b5-4-. The van der Waals surface area contributed by atoms with E-state index in [4.69, 9.17) is 15.3 Å². The van der Waals surface area contributed by atoms with Crippen molar-refractivity contribution in [2.45, 2.75) is 19.4 Å². The Morgan fingerprint density at radius 3 is 2.73 bits per heavy atom. The lowest BCUT2D eigenvalue weighted by molar-refractivity contribution is -0.142. The van der Waals surface area contributed by atoms with Crippen molar-refractivity contribution in [2.24, 2.45) is 5.73 Å². The van der Waals surface area contributed by atoms with Gasteiger partial charge in [0.25, 0.3) is 0 Å². The Morgan fingerprint density at radius 2 is 2.00 bits per heavy atom. The molecule has 0 aliphatic carbocycles. The molecule has 2 aromatic rings. The number of carbonyl (C=O) groups is 2. The van der Waals surface area contributed by atoms with E-state index in [1.165, 1.54) is 12.1 Å². The van der Waals surface area contributed by atoms with Crippen LogP contribution >= 0.6 is 0 Å². The zero-order valence-corrected chi connectivity index (χ0v) is 11.8. The second-order valence-electron chi connectivity index (χ2n) is 5.13. The molecule has 3 rings (SSSR count). The van der Waals surface area contributed by atoms with E-state index in [2.05, 4.69) is 0 Å². The molecule has 114 valence electrons. The Morgan fingerprint density at radius 1 is 1.27 bits per heavy atom. The lowest BCUT2D eigenvalue weighted by atomic mass is 10.1. The average Bonchev–Trinajstić information content (AvgIpc) is 2.68. The smallest absolute Gasteiger partial charge is 0.356 e. The summed E-state index contributed by atoms with van der Waals surface area (Å²) in [7, 11) is 0. The van der Waals surface area contributed by atoms with E-state index in [1.54, 1.807) is 13.0 Å². The number of rotatable bonds is 2. The molecule has 0 spiro atoms. The first-order valence-electron chi connectivity index (χ1n) is 6.70. The molecule has 1 aliphatic heterocycles. The van der Waals surface area contributed by atoms with Crippen molar-refractivity contribution < 1.29 is 24.3 Å². The van der Waals surface area contributed by atoms with Gasteiger partial charge in [0.2, 0.25) is 5.88 Å². The van der Waals surface area contributed by atoms with Gasteiger partial charge in [-0.15, -0.1) is 4.73 Å². The highest BCUT2D eigenvalue weighted by atomic mass is 16.7. The molecule has 0 fully saturated rings. The van der Waals surface area contributed by atoms with Gasteiger partial charge in [-0.3, -0.25) is 0 Å². The zero-order chi connectivity index (χ0) is 15.9. The number of hydrogen-bond acceptors (Lipinski definition) is 6. The van der Waals surface area contributed by atoms with Gasteiger partial charge < -0.3 is 20.4 Å². The van der Waals surface area contributed by atoms with Crippen molar-refractivity contribution in [2.75, 3.05) is 0 Å². The molecule has 7 nitrogen and oxygen atoms in total. The lowest BCUT2D eigenvalue weighted by Crippen LogP contribution is -2.24. The number of esters is 1. The zero-order valence-electron chi connectivity index (χ0n) is 11.8. The summed E-state index contributed by atoms with van der Waals surface area (Å²) >= 11 is 0. The number of nitrogens with two attached hydrogens (primary N) is 1. The number of fused-ring (bicyclic) bond motifs is 3. The SMILES string of the molecule is CC(N)Cc1c2n(c3ccc(O)cc13)OC(=O)/C=C\C(=O)O2.